The number of hydrogen-bond acceptors (Lipinski definition) is 5. The van der Waals surface area contributed by atoms with Crippen molar-refractivity contribution in [3.05, 3.63) is 34.9 Å². The number of fused-ring (bicyclic) bond motifs is 2. The molecule has 2 aromatic carbocycles. The molecule has 0 fully saturated rings. The number of benzene rings is 2. The lowest BCUT2D eigenvalue weighted by atomic mass is 9.77. The fraction of sp³-hybridized carbons (Fsp3) is 0.294. The maximum atomic E-state index is 10.6. The summed E-state index contributed by atoms with van der Waals surface area (Å²) in [5, 5.41) is 33.7. The second kappa shape index (κ2) is 4.55. The van der Waals surface area contributed by atoms with E-state index in [2.05, 4.69) is 5.32 Å². The van der Waals surface area contributed by atoms with Crippen molar-refractivity contribution < 1.29 is 20.1 Å². The number of ether oxygens (including phenoxy) is 1. The molecule has 0 amide bonds. The molecule has 1 atom stereocenters. The monoisotopic (exact) mass is 299 g/mol. The zero-order chi connectivity index (χ0) is 15.4. The summed E-state index contributed by atoms with van der Waals surface area (Å²) in [6.45, 7) is 0.866. The molecule has 4 rings (SSSR count). The molecule has 1 heterocycles. The average Bonchev–Trinajstić information content (AvgIpc) is 2.51. The summed E-state index contributed by atoms with van der Waals surface area (Å²) in [5.41, 5.74) is 4.58. The van der Waals surface area contributed by atoms with Gasteiger partial charge in [-0.1, -0.05) is 0 Å². The molecule has 0 saturated heterocycles. The zero-order valence-electron chi connectivity index (χ0n) is 12.2. The van der Waals surface area contributed by atoms with Crippen LogP contribution in [0.4, 0.5) is 0 Å². The highest BCUT2D eigenvalue weighted by Crippen LogP contribution is 2.51. The number of phenolic OH excluding ortho intramolecular Hbond substituents is 3. The largest absolute Gasteiger partial charge is 0.504 e. The zero-order valence-corrected chi connectivity index (χ0v) is 12.2. The third-order valence-electron chi connectivity index (χ3n) is 4.64. The van der Waals surface area contributed by atoms with E-state index in [0.717, 1.165) is 41.6 Å². The molecule has 0 radical (unpaired) electrons. The lowest BCUT2D eigenvalue weighted by molar-refractivity contribution is 0.370. The third kappa shape index (κ3) is 1.69. The molecule has 5 nitrogen and oxygen atoms in total. The lowest BCUT2D eigenvalue weighted by Gasteiger charge is -2.35. The molecule has 1 aliphatic heterocycles. The summed E-state index contributed by atoms with van der Waals surface area (Å²) in [4.78, 5) is 0. The van der Waals surface area contributed by atoms with Crippen LogP contribution < -0.4 is 10.1 Å². The molecule has 4 N–H and O–H groups in total. The lowest BCUT2D eigenvalue weighted by Crippen LogP contribution is -2.33. The fourth-order valence-electron chi connectivity index (χ4n) is 3.65. The number of methoxy groups -OCH3 is 1. The van der Waals surface area contributed by atoms with Crippen molar-refractivity contribution >= 4 is 0 Å². The predicted octanol–water partition coefficient (Wildman–Crippen LogP) is 2.22. The van der Waals surface area contributed by atoms with Gasteiger partial charge in [0.2, 0.25) is 0 Å². The molecule has 0 spiro atoms. The smallest absolute Gasteiger partial charge is 0.166 e. The van der Waals surface area contributed by atoms with E-state index in [9.17, 15) is 15.3 Å². The molecule has 2 aromatic rings. The quantitative estimate of drug-likeness (QED) is 0.607. The third-order valence-corrected chi connectivity index (χ3v) is 4.64. The van der Waals surface area contributed by atoms with Crippen molar-refractivity contribution in [3.63, 3.8) is 0 Å². The van der Waals surface area contributed by atoms with E-state index in [1.54, 1.807) is 6.07 Å². The second-order valence-electron chi connectivity index (χ2n) is 5.83. The van der Waals surface area contributed by atoms with E-state index in [1.807, 2.05) is 6.07 Å². The van der Waals surface area contributed by atoms with Gasteiger partial charge < -0.3 is 25.4 Å². The van der Waals surface area contributed by atoms with Crippen molar-refractivity contribution in [3.8, 4) is 34.1 Å². The Kier molecular flexibility index (Phi) is 2.74. The highest BCUT2D eigenvalue weighted by Gasteiger charge is 2.33. The minimum absolute atomic E-state index is 0.0842. The van der Waals surface area contributed by atoms with Crippen molar-refractivity contribution in [1.29, 1.82) is 0 Å². The Labute approximate surface area is 127 Å². The van der Waals surface area contributed by atoms with Crippen LogP contribution in [-0.2, 0) is 12.8 Å². The van der Waals surface area contributed by atoms with E-state index in [4.69, 9.17) is 4.74 Å². The van der Waals surface area contributed by atoms with E-state index in [1.165, 1.54) is 13.2 Å². The van der Waals surface area contributed by atoms with Gasteiger partial charge in [0.15, 0.2) is 23.0 Å². The minimum atomic E-state index is -0.183. The Morgan fingerprint density at radius 3 is 2.64 bits per heavy atom. The standard InChI is InChI=1S/C17H17NO4/c1-22-14-6-8-2-3-18-11-4-9-5-12(19)13(20)7-10(9)16(15(8)11)17(14)21/h5-7,11,18-21H,2-4H2,1H3. The van der Waals surface area contributed by atoms with Gasteiger partial charge >= 0.3 is 0 Å². The van der Waals surface area contributed by atoms with Crippen LogP contribution in [0.3, 0.4) is 0 Å². The van der Waals surface area contributed by atoms with Gasteiger partial charge in [0.1, 0.15) is 0 Å². The molecule has 22 heavy (non-hydrogen) atoms. The molecule has 0 saturated carbocycles. The van der Waals surface area contributed by atoms with Gasteiger partial charge in [0.05, 0.1) is 7.11 Å². The SMILES string of the molecule is COc1cc2c3c(c1O)-c1cc(O)c(O)cc1CC3NCC2. The summed E-state index contributed by atoms with van der Waals surface area (Å²) in [5.74, 6) is 0.202. The summed E-state index contributed by atoms with van der Waals surface area (Å²) < 4.78 is 5.30. The summed E-state index contributed by atoms with van der Waals surface area (Å²) >= 11 is 0. The number of aromatic hydroxyl groups is 3. The maximum Gasteiger partial charge on any atom is 0.166 e. The Balaban J connectivity index is 2.08. The van der Waals surface area contributed by atoms with E-state index in [0.29, 0.717) is 11.3 Å². The molecule has 1 unspecified atom stereocenters. The molecular formula is C17H17NO4. The van der Waals surface area contributed by atoms with Gasteiger partial charge in [-0.15, -0.1) is 0 Å². The summed E-state index contributed by atoms with van der Waals surface area (Å²) in [6, 6.07) is 5.09. The molecular weight excluding hydrogens is 282 g/mol. The number of phenols is 3. The first-order chi connectivity index (χ1) is 10.6. The molecule has 114 valence electrons. The van der Waals surface area contributed by atoms with Crippen LogP contribution in [0.2, 0.25) is 0 Å². The van der Waals surface area contributed by atoms with Gasteiger partial charge in [0.25, 0.3) is 0 Å². The normalized spacial score (nSPS) is 18.5. The van der Waals surface area contributed by atoms with Gasteiger partial charge in [0, 0.05) is 11.6 Å². The molecule has 0 aromatic heterocycles. The van der Waals surface area contributed by atoms with Crippen molar-refractivity contribution in [2.24, 2.45) is 0 Å². The number of hydrogen-bond donors (Lipinski definition) is 4. The number of nitrogens with one attached hydrogen (secondary N) is 1. The summed E-state index contributed by atoms with van der Waals surface area (Å²) in [6.07, 6.45) is 1.59. The van der Waals surface area contributed by atoms with E-state index in [-0.39, 0.29) is 23.3 Å². The maximum absolute atomic E-state index is 10.6. The highest BCUT2D eigenvalue weighted by atomic mass is 16.5. The van der Waals surface area contributed by atoms with Crippen molar-refractivity contribution in [2.75, 3.05) is 13.7 Å². The summed E-state index contributed by atoms with van der Waals surface area (Å²) in [7, 11) is 1.53. The van der Waals surface area contributed by atoms with Gasteiger partial charge in [-0.3, -0.25) is 0 Å². The first-order valence-corrected chi connectivity index (χ1v) is 7.31. The second-order valence-corrected chi connectivity index (χ2v) is 5.83. The van der Waals surface area contributed by atoms with Crippen molar-refractivity contribution in [1.82, 2.24) is 5.32 Å². The number of rotatable bonds is 1. The molecule has 2 aliphatic rings. The predicted molar refractivity (Wildman–Crippen MR) is 81.6 cm³/mol. The Morgan fingerprint density at radius 2 is 1.86 bits per heavy atom. The Hall–Kier alpha value is -2.40. The first kappa shape index (κ1) is 13.3. The highest BCUT2D eigenvalue weighted by molar-refractivity contribution is 5.84. The first-order valence-electron chi connectivity index (χ1n) is 7.31. The van der Waals surface area contributed by atoms with E-state index < -0.39 is 0 Å². The van der Waals surface area contributed by atoms with Gasteiger partial charge in [-0.25, -0.2) is 0 Å². The minimum Gasteiger partial charge on any atom is -0.504 e. The molecule has 1 aliphatic carbocycles. The Morgan fingerprint density at radius 1 is 1.09 bits per heavy atom. The Bertz CT molecular complexity index is 785. The topological polar surface area (TPSA) is 82.0 Å². The molecule has 0 bridgehead atoms. The van der Waals surface area contributed by atoms with Crippen molar-refractivity contribution in [2.45, 2.75) is 18.9 Å². The fourth-order valence-corrected chi connectivity index (χ4v) is 3.65. The van der Waals surface area contributed by atoms with Crippen LogP contribution in [-0.4, -0.2) is 29.0 Å². The van der Waals surface area contributed by atoms with Crippen LogP contribution in [0.1, 0.15) is 22.7 Å². The van der Waals surface area contributed by atoms with E-state index >= 15 is 0 Å². The van der Waals surface area contributed by atoms with Crippen LogP contribution in [0.25, 0.3) is 11.1 Å². The van der Waals surface area contributed by atoms with Crippen LogP contribution in [0.5, 0.6) is 23.0 Å². The van der Waals surface area contributed by atoms with Crippen LogP contribution in [0, 0.1) is 0 Å². The van der Waals surface area contributed by atoms with Crippen LogP contribution >= 0.6 is 0 Å². The molecule has 5 heteroatoms. The van der Waals surface area contributed by atoms with Gasteiger partial charge in [-0.05, 0) is 59.8 Å². The van der Waals surface area contributed by atoms with Crippen LogP contribution in [0.15, 0.2) is 18.2 Å². The average molecular weight is 299 g/mol. The van der Waals surface area contributed by atoms with Gasteiger partial charge in [-0.2, -0.15) is 0 Å².